The van der Waals surface area contributed by atoms with E-state index in [1.54, 1.807) is 0 Å². The molecule has 9 nitrogen and oxygen atoms in total. The number of ether oxygens (including phenoxy) is 1. The molecule has 1 unspecified atom stereocenters. The number of aromatic nitrogens is 3. The highest BCUT2D eigenvalue weighted by atomic mass is 32.2. The van der Waals surface area contributed by atoms with Crippen molar-refractivity contribution >= 4 is 34.6 Å². The molecule has 0 bridgehead atoms. The van der Waals surface area contributed by atoms with Gasteiger partial charge in [-0.05, 0) is 71.8 Å². The van der Waals surface area contributed by atoms with Crippen LogP contribution in [0.2, 0.25) is 0 Å². The molecule has 1 aliphatic heterocycles. The molecule has 3 amide bonds. The molecule has 240 valence electrons. The minimum Gasteiger partial charge on any atom is -0.406 e. The van der Waals surface area contributed by atoms with Crippen LogP contribution in [0.5, 0.6) is 5.75 Å². The number of amides is 3. The Balaban J connectivity index is 1.16. The first-order valence-electron chi connectivity index (χ1n) is 14.4. The van der Waals surface area contributed by atoms with Crippen molar-refractivity contribution in [2.45, 2.75) is 45.4 Å². The van der Waals surface area contributed by atoms with Gasteiger partial charge in [-0.2, -0.15) is 4.99 Å². The van der Waals surface area contributed by atoms with Crippen LogP contribution >= 0.6 is 11.8 Å². The number of aliphatic imine (C=N–C) groups is 1. The Labute approximate surface area is 266 Å². The molecule has 46 heavy (non-hydrogen) atoms. The van der Waals surface area contributed by atoms with Gasteiger partial charge in [-0.3, -0.25) is 9.69 Å². The Morgan fingerprint density at radius 3 is 2.46 bits per heavy atom. The van der Waals surface area contributed by atoms with Crippen LogP contribution < -0.4 is 15.0 Å². The summed E-state index contributed by atoms with van der Waals surface area (Å²) in [5, 5.41) is 7.47. The van der Waals surface area contributed by atoms with Gasteiger partial charge in [0.2, 0.25) is 5.91 Å². The van der Waals surface area contributed by atoms with Gasteiger partial charge in [0.1, 0.15) is 17.9 Å². The summed E-state index contributed by atoms with van der Waals surface area (Å²) >= 11 is 1.16. The van der Waals surface area contributed by atoms with E-state index in [4.69, 9.17) is 0 Å². The predicted molar refractivity (Wildman–Crippen MR) is 168 cm³/mol. The number of carbonyl (C=O) groups excluding carboxylic acids is 2. The minimum absolute atomic E-state index is 0.0421. The number of hydrogen-bond donors (Lipinski definition) is 1. The van der Waals surface area contributed by atoms with E-state index in [9.17, 15) is 27.2 Å². The molecule has 2 heterocycles. The zero-order valence-electron chi connectivity index (χ0n) is 25.1. The summed E-state index contributed by atoms with van der Waals surface area (Å²) in [6.45, 7) is 6.19. The first-order valence-corrected chi connectivity index (χ1v) is 15.4. The third-order valence-electron chi connectivity index (χ3n) is 7.23. The number of nitrogens with one attached hydrogen (secondary N) is 1. The summed E-state index contributed by atoms with van der Waals surface area (Å²) in [6.07, 6.45) is -2.67. The molecule has 1 aliphatic rings. The van der Waals surface area contributed by atoms with Crippen LogP contribution in [0.1, 0.15) is 50.2 Å². The van der Waals surface area contributed by atoms with Crippen LogP contribution in [0.4, 0.5) is 28.0 Å². The van der Waals surface area contributed by atoms with Crippen LogP contribution in [0.3, 0.4) is 0 Å². The summed E-state index contributed by atoms with van der Waals surface area (Å²) in [5.41, 5.74) is 3.48. The van der Waals surface area contributed by atoms with E-state index in [0.29, 0.717) is 35.7 Å². The average molecular weight is 655 g/mol. The van der Waals surface area contributed by atoms with Gasteiger partial charge in [0.05, 0.1) is 17.1 Å². The largest absolute Gasteiger partial charge is 0.573 e. The Morgan fingerprint density at radius 1 is 1.07 bits per heavy atom. The van der Waals surface area contributed by atoms with E-state index in [2.05, 4.69) is 25.1 Å². The third-order valence-corrected chi connectivity index (χ3v) is 8.16. The van der Waals surface area contributed by atoms with Crippen molar-refractivity contribution in [1.29, 1.82) is 0 Å². The van der Waals surface area contributed by atoms with E-state index in [1.165, 1.54) is 58.4 Å². The number of urea groups is 1. The Hall–Kier alpha value is -4.72. The molecule has 14 heteroatoms. The monoisotopic (exact) mass is 654 g/mol. The van der Waals surface area contributed by atoms with Gasteiger partial charge < -0.3 is 10.1 Å². The molecule has 0 radical (unpaired) electrons. The number of halogens is 4. The van der Waals surface area contributed by atoms with Gasteiger partial charge in [0, 0.05) is 12.1 Å². The van der Waals surface area contributed by atoms with Crippen LogP contribution in [0.25, 0.3) is 17.1 Å². The lowest BCUT2D eigenvalue weighted by Gasteiger charge is -2.21. The van der Waals surface area contributed by atoms with E-state index in [1.807, 2.05) is 45.0 Å². The van der Waals surface area contributed by atoms with Crippen LogP contribution in [-0.4, -0.2) is 50.5 Å². The second-order valence-corrected chi connectivity index (χ2v) is 11.8. The van der Waals surface area contributed by atoms with Gasteiger partial charge in [-0.25, -0.2) is 18.9 Å². The highest BCUT2D eigenvalue weighted by molar-refractivity contribution is 8.15. The standard InChI is InChI=1S/C32H30F4N6O3S/c1-19(2)26-16-23(33)8-13-27(26)42-28(43)17-46-31(42)39-30(44)37-15-14-20(3)21-4-6-22(7-5-21)29-38-18-41(40-29)24-9-11-25(12-10-24)45-32(34,35)36/h4-13,16,18-20H,14-15,17H2,1-3H3,(H,37,44)/b39-31-. The maximum absolute atomic E-state index is 13.9. The number of amidine groups is 1. The summed E-state index contributed by atoms with van der Waals surface area (Å²) < 4.78 is 56.5. The lowest BCUT2D eigenvalue weighted by atomic mass is 9.96. The normalized spacial score (nSPS) is 15.1. The Morgan fingerprint density at radius 2 is 1.78 bits per heavy atom. The maximum atomic E-state index is 13.9. The zero-order chi connectivity index (χ0) is 33.0. The quantitative estimate of drug-likeness (QED) is 0.188. The highest BCUT2D eigenvalue weighted by Crippen LogP contribution is 2.34. The van der Waals surface area contributed by atoms with Gasteiger partial charge >= 0.3 is 12.4 Å². The number of rotatable bonds is 9. The van der Waals surface area contributed by atoms with Crippen molar-refractivity contribution < 1.29 is 31.9 Å². The fraction of sp³-hybridized carbons (Fsp3) is 0.281. The number of alkyl halides is 3. The van der Waals surface area contributed by atoms with E-state index >= 15 is 0 Å². The van der Waals surface area contributed by atoms with E-state index < -0.39 is 18.2 Å². The molecule has 5 rings (SSSR count). The van der Waals surface area contributed by atoms with Gasteiger partial charge in [0.15, 0.2) is 11.0 Å². The van der Waals surface area contributed by atoms with Crippen molar-refractivity contribution in [2.75, 3.05) is 17.2 Å². The van der Waals surface area contributed by atoms with Crippen molar-refractivity contribution in [3.63, 3.8) is 0 Å². The van der Waals surface area contributed by atoms with Crippen LogP contribution in [0.15, 0.2) is 78.0 Å². The lowest BCUT2D eigenvalue weighted by molar-refractivity contribution is -0.274. The summed E-state index contributed by atoms with van der Waals surface area (Å²) in [5.74, 6) is -0.317. The Kier molecular flexibility index (Phi) is 9.75. The summed E-state index contributed by atoms with van der Waals surface area (Å²) in [7, 11) is 0. The third kappa shape index (κ3) is 7.91. The van der Waals surface area contributed by atoms with Crippen molar-refractivity contribution in [3.8, 4) is 22.8 Å². The molecule has 0 saturated carbocycles. The number of benzene rings is 3. The second kappa shape index (κ2) is 13.7. The van der Waals surface area contributed by atoms with Crippen LogP contribution in [0, 0.1) is 5.82 Å². The first kappa shape index (κ1) is 32.7. The number of thioether (sulfide) groups is 1. The zero-order valence-corrected chi connectivity index (χ0v) is 25.9. The molecule has 1 fully saturated rings. The smallest absolute Gasteiger partial charge is 0.406 e. The van der Waals surface area contributed by atoms with Crippen molar-refractivity contribution in [1.82, 2.24) is 20.1 Å². The average Bonchev–Trinajstić information content (AvgIpc) is 3.64. The topological polar surface area (TPSA) is 102 Å². The number of nitrogens with zero attached hydrogens (tertiary/aromatic N) is 5. The van der Waals surface area contributed by atoms with Gasteiger partial charge in [-0.1, -0.05) is 56.8 Å². The van der Waals surface area contributed by atoms with Crippen molar-refractivity contribution in [2.24, 2.45) is 4.99 Å². The molecule has 0 spiro atoms. The number of hydrogen-bond acceptors (Lipinski definition) is 6. The van der Waals surface area contributed by atoms with Crippen LogP contribution in [-0.2, 0) is 4.79 Å². The molecular formula is C32H30F4N6O3S. The molecule has 1 saturated heterocycles. The van der Waals surface area contributed by atoms with Gasteiger partial charge in [-0.15, -0.1) is 18.3 Å². The summed E-state index contributed by atoms with van der Waals surface area (Å²) in [4.78, 5) is 35.2. The van der Waals surface area contributed by atoms with Crippen molar-refractivity contribution in [3.05, 3.63) is 90.0 Å². The number of anilines is 1. The first-order chi connectivity index (χ1) is 21.9. The molecular weight excluding hydrogens is 624 g/mol. The Bertz CT molecular complexity index is 1740. The molecule has 4 aromatic rings. The highest BCUT2D eigenvalue weighted by Gasteiger charge is 2.33. The second-order valence-electron chi connectivity index (χ2n) is 10.9. The predicted octanol–water partition coefficient (Wildman–Crippen LogP) is 7.43. The molecule has 1 atom stereocenters. The lowest BCUT2D eigenvalue weighted by Crippen LogP contribution is -2.32. The molecule has 1 N–H and O–H groups in total. The number of carbonyl (C=O) groups is 2. The molecule has 0 aliphatic carbocycles. The summed E-state index contributed by atoms with van der Waals surface area (Å²) in [6, 6.07) is 16.6. The fourth-order valence-electron chi connectivity index (χ4n) is 4.84. The SMILES string of the molecule is CC(C)c1cc(F)ccc1N1C(=O)CS/C1=N\C(=O)NCCC(C)c1ccc(-c2ncn(-c3ccc(OC(F)(F)F)cc3)n2)cc1. The molecule has 3 aromatic carbocycles. The molecule has 1 aromatic heterocycles. The maximum Gasteiger partial charge on any atom is 0.573 e. The van der Waals surface area contributed by atoms with E-state index in [-0.39, 0.29) is 34.4 Å². The minimum atomic E-state index is -4.76. The van der Waals surface area contributed by atoms with Gasteiger partial charge in [0.25, 0.3) is 0 Å². The van der Waals surface area contributed by atoms with E-state index in [0.717, 1.165) is 22.9 Å². The fourth-order valence-corrected chi connectivity index (χ4v) is 5.70.